The summed E-state index contributed by atoms with van der Waals surface area (Å²) in [6, 6.07) is 7.49. The van der Waals surface area contributed by atoms with Gasteiger partial charge in [0, 0.05) is 4.47 Å². The summed E-state index contributed by atoms with van der Waals surface area (Å²) in [5, 5.41) is 0.612. The first-order valence-corrected chi connectivity index (χ1v) is 8.58. The summed E-state index contributed by atoms with van der Waals surface area (Å²) < 4.78 is 11.4. The highest BCUT2D eigenvalue weighted by Crippen LogP contribution is 2.28. The Morgan fingerprint density at radius 1 is 1.50 bits per heavy atom. The van der Waals surface area contributed by atoms with E-state index >= 15 is 0 Å². The van der Waals surface area contributed by atoms with Crippen LogP contribution < -0.4 is 4.74 Å². The lowest BCUT2D eigenvalue weighted by Gasteiger charge is -2.17. The summed E-state index contributed by atoms with van der Waals surface area (Å²) in [5.41, 5.74) is 0. The zero-order valence-electron chi connectivity index (χ0n) is 12.1. The first-order chi connectivity index (χ1) is 10.6. The number of benzene rings is 1. The van der Waals surface area contributed by atoms with Gasteiger partial charge in [0.1, 0.15) is 12.4 Å². The number of ether oxygens (including phenoxy) is 2. The van der Waals surface area contributed by atoms with Gasteiger partial charge in [0.05, 0.1) is 30.0 Å². The van der Waals surface area contributed by atoms with Crippen LogP contribution >= 0.6 is 27.7 Å². The Morgan fingerprint density at radius 2 is 2.32 bits per heavy atom. The molecule has 22 heavy (non-hydrogen) atoms. The predicted molar refractivity (Wildman–Crippen MR) is 88.5 cm³/mol. The molecule has 1 aromatic carbocycles. The van der Waals surface area contributed by atoms with E-state index in [4.69, 9.17) is 9.47 Å². The van der Waals surface area contributed by atoms with Crippen molar-refractivity contribution < 1.29 is 19.1 Å². The molecule has 1 saturated heterocycles. The fourth-order valence-corrected chi connectivity index (χ4v) is 3.20. The molecule has 1 heterocycles. The zero-order valence-corrected chi connectivity index (χ0v) is 14.5. The van der Waals surface area contributed by atoms with Gasteiger partial charge < -0.3 is 14.4 Å². The first kappa shape index (κ1) is 16.9. The molecule has 0 spiro atoms. The average Bonchev–Trinajstić information content (AvgIpc) is 2.80. The van der Waals surface area contributed by atoms with Crippen molar-refractivity contribution in [3.8, 4) is 5.75 Å². The third-order valence-electron chi connectivity index (χ3n) is 2.82. The van der Waals surface area contributed by atoms with Crippen molar-refractivity contribution >= 4 is 39.6 Å². The van der Waals surface area contributed by atoms with Crippen molar-refractivity contribution in [1.82, 2.24) is 4.90 Å². The maximum atomic E-state index is 11.9. The van der Waals surface area contributed by atoms with Crippen molar-refractivity contribution in [1.29, 1.82) is 0 Å². The molecule has 0 saturated carbocycles. The molecule has 1 fully saturated rings. The Bertz CT molecular complexity index is 591. The largest absolute Gasteiger partial charge is 0.492 e. The molecule has 118 valence electrons. The minimum absolute atomic E-state index is 0.0293. The highest BCUT2D eigenvalue weighted by molar-refractivity contribution is 9.10. The normalized spacial score (nSPS) is 16.2. The maximum absolute atomic E-state index is 11.9. The highest BCUT2D eigenvalue weighted by atomic mass is 79.9. The predicted octanol–water partition coefficient (Wildman–Crippen LogP) is 2.81. The van der Waals surface area contributed by atoms with Crippen molar-refractivity contribution in [3.63, 3.8) is 0 Å². The van der Waals surface area contributed by atoms with Crippen LogP contribution in [0.3, 0.4) is 0 Å². The fraction of sp³-hybridized carbons (Fsp3) is 0.333. The number of hydrogen-bond donors (Lipinski definition) is 0. The monoisotopic (exact) mass is 385 g/mol. The summed E-state index contributed by atoms with van der Waals surface area (Å²) in [7, 11) is 0. The van der Waals surface area contributed by atoms with E-state index in [1.807, 2.05) is 24.3 Å². The van der Waals surface area contributed by atoms with Crippen LogP contribution in [-0.2, 0) is 14.3 Å². The third kappa shape index (κ3) is 4.78. The molecule has 7 heteroatoms. The lowest BCUT2D eigenvalue weighted by Crippen LogP contribution is -2.29. The van der Waals surface area contributed by atoms with Crippen LogP contribution in [0.5, 0.6) is 5.75 Å². The van der Waals surface area contributed by atoms with Crippen LogP contribution in [0.4, 0.5) is 0 Å². The minimum Gasteiger partial charge on any atom is -0.492 e. The number of thioether (sulfide) groups is 1. The molecule has 1 aliphatic heterocycles. The Morgan fingerprint density at radius 3 is 3.05 bits per heavy atom. The molecular weight excluding hydrogens is 370 g/mol. The van der Waals surface area contributed by atoms with E-state index in [-0.39, 0.29) is 5.91 Å². The molecule has 1 aromatic rings. The molecule has 0 atom stereocenters. The molecule has 0 bridgehead atoms. The molecule has 1 aliphatic rings. The van der Waals surface area contributed by atoms with Gasteiger partial charge in [0.25, 0.3) is 0 Å². The minimum atomic E-state index is -0.433. The molecule has 1 amide bonds. The molecular formula is C15H16BrNO4S. The number of amides is 1. The molecule has 0 aromatic heterocycles. The van der Waals surface area contributed by atoms with E-state index in [0.717, 1.165) is 10.2 Å². The average molecular weight is 386 g/mol. The number of rotatable bonds is 6. The second kappa shape index (κ2) is 8.24. The molecule has 0 N–H and O–H groups in total. The molecule has 2 rings (SSSR count). The first-order valence-electron chi connectivity index (χ1n) is 6.80. The molecule has 0 unspecified atom stereocenters. The van der Waals surface area contributed by atoms with Crippen LogP contribution in [0.1, 0.15) is 6.92 Å². The van der Waals surface area contributed by atoms with Gasteiger partial charge in [-0.15, -0.1) is 0 Å². The van der Waals surface area contributed by atoms with Gasteiger partial charge in [-0.3, -0.25) is 4.79 Å². The van der Waals surface area contributed by atoms with Gasteiger partial charge in [-0.25, -0.2) is 4.79 Å². The fourth-order valence-electron chi connectivity index (χ4n) is 1.87. The van der Waals surface area contributed by atoms with Crippen molar-refractivity contribution in [3.05, 3.63) is 39.8 Å². The maximum Gasteiger partial charge on any atom is 0.333 e. The van der Waals surface area contributed by atoms with Crippen LogP contribution in [0.25, 0.3) is 0 Å². The molecule has 5 nitrogen and oxygen atoms in total. The number of esters is 1. The second-order valence-electron chi connectivity index (χ2n) is 4.37. The van der Waals surface area contributed by atoms with E-state index in [2.05, 4.69) is 15.9 Å². The van der Waals surface area contributed by atoms with Gasteiger partial charge >= 0.3 is 5.97 Å². The van der Waals surface area contributed by atoms with Crippen molar-refractivity contribution in [2.75, 3.05) is 25.5 Å². The number of carbonyl (C=O) groups excluding carboxylic acids is 2. The Hall–Kier alpha value is -1.47. The van der Waals surface area contributed by atoms with E-state index in [0.29, 0.717) is 30.5 Å². The summed E-state index contributed by atoms with van der Waals surface area (Å²) in [5.74, 6) is 0.600. The van der Waals surface area contributed by atoms with Gasteiger partial charge in [0.15, 0.2) is 0 Å². The Kier molecular flexibility index (Phi) is 6.33. The van der Waals surface area contributed by atoms with Crippen LogP contribution in [0.2, 0.25) is 0 Å². The quantitative estimate of drug-likeness (QED) is 0.556. The van der Waals surface area contributed by atoms with Gasteiger partial charge in [-0.05, 0) is 25.1 Å². The standard InChI is InChI=1S/C15H16BrNO4S/c1-2-20-15(19)9-14-17(13(18)10-22-14)6-7-21-12-5-3-4-11(16)8-12/h3-5,8-9H,2,6-7,10H2,1H3/b14-9+. The van der Waals surface area contributed by atoms with Gasteiger partial charge in [-0.2, -0.15) is 0 Å². The summed E-state index contributed by atoms with van der Waals surface area (Å²) >= 11 is 4.71. The van der Waals surface area contributed by atoms with Crippen molar-refractivity contribution in [2.24, 2.45) is 0 Å². The Balaban J connectivity index is 1.92. The van der Waals surface area contributed by atoms with Crippen LogP contribution in [-0.4, -0.2) is 42.3 Å². The Labute approximate surface area is 141 Å². The third-order valence-corrected chi connectivity index (χ3v) is 4.34. The zero-order chi connectivity index (χ0) is 15.9. The van der Waals surface area contributed by atoms with E-state index in [1.165, 1.54) is 17.8 Å². The summed E-state index contributed by atoms with van der Waals surface area (Å²) in [6.45, 7) is 2.80. The lowest BCUT2D eigenvalue weighted by molar-refractivity contribution is -0.137. The van der Waals surface area contributed by atoms with Crippen molar-refractivity contribution in [2.45, 2.75) is 6.92 Å². The van der Waals surface area contributed by atoms with Crippen LogP contribution in [0.15, 0.2) is 39.8 Å². The number of hydrogen-bond acceptors (Lipinski definition) is 5. The summed E-state index contributed by atoms with van der Waals surface area (Å²) in [6.07, 6.45) is 1.36. The second-order valence-corrected chi connectivity index (χ2v) is 6.29. The smallest absolute Gasteiger partial charge is 0.333 e. The summed E-state index contributed by atoms with van der Waals surface area (Å²) in [4.78, 5) is 24.9. The lowest BCUT2D eigenvalue weighted by atomic mass is 10.3. The number of halogens is 1. The number of carbonyl (C=O) groups is 2. The molecule has 0 radical (unpaired) electrons. The van der Waals surface area contributed by atoms with E-state index in [9.17, 15) is 9.59 Å². The van der Waals surface area contributed by atoms with E-state index < -0.39 is 5.97 Å². The highest BCUT2D eigenvalue weighted by Gasteiger charge is 2.27. The van der Waals surface area contributed by atoms with Crippen LogP contribution in [0, 0.1) is 0 Å². The van der Waals surface area contributed by atoms with Gasteiger partial charge in [0.2, 0.25) is 5.91 Å². The number of nitrogens with zero attached hydrogens (tertiary/aromatic N) is 1. The SMILES string of the molecule is CCOC(=O)/C=C1/SCC(=O)N1CCOc1cccc(Br)c1. The van der Waals surface area contributed by atoms with Gasteiger partial charge in [-0.1, -0.05) is 33.8 Å². The topological polar surface area (TPSA) is 55.8 Å². The van der Waals surface area contributed by atoms with E-state index in [1.54, 1.807) is 11.8 Å². The molecule has 0 aliphatic carbocycles.